The topological polar surface area (TPSA) is 80.1 Å². The van der Waals surface area contributed by atoms with Crippen LogP contribution in [0.2, 0.25) is 0 Å². The Morgan fingerprint density at radius 3 is 3.07 bits per heavy atom. The smallest absolute Gasteiger partial charge is 0.303 e. The lowest BCUT2D eigenvalue weighted by Crippen LogP contribution is -2.21. The van der Waals surface area contributed by atoms with E-state index in [4.69, 9.17) is 5.11 Å². The van der Waals surface area contributed by atoms with E-state index >= 15 is 0 Å². The average Bonchev–Trinajstić information content (AvgIpc) is 2.50. The van der Waals surface area contributed by atoms with E-state index in [0.29, 0.717) is 12.1 Å². The number of carbonyl (C=O) groups is 2. The lowest BCUT2D eigenvalue weighted by molar-refractivity contribution is -0.138. The summed E-state index contributed by atoms with van der Waals surface area (Å²) in [5.74, 6) is -1.02. The van der Waals surface area contributed by atoms with Crippen molar-refractivity contribution < 1.29 is 14.7 Å². The molecule has 1 aliphatic rings. The molecule has 1 aromatic rings. The minimum Gasteiger partial charge on any atom is -0.481 e. The van der Waals surface area contributed by atoms with Crippen LogP contribution in [0.4, 0.5) is 0 Å². The number of rotatable bonds is 2. The molecule has 0 fully saturated rings. The number of ketones is 1. The maximum Gasteiger partial charge on any atom is 0.303 e. The summed E-state index contributed by atoms with van der Waals surface area (Å²) in [6.45, 7) is 0. The normalized spacial score (nSPS) is 20.6. The fourth-order valence-electron chi connectivity index (χ4n) is 1.64. The monoisotopic (exact) mass is 212 g/mol. The average molecular weight is 212 g/mol. The highest BCUT2D eigenvalue weighted by atomic mass is 32.1. The van der Waals surface area contributed by atoms with E-state index in [1.54, 1.807) is 0 Å². The molecule has 0 saturated heterocycles. The molecular weight excluding hydrogens is 204 g/mol. The Kier molecular flexibility index (Phi) is 2.28. The number of hydrogen-bond acceptors (Lipinski definition) is 5. The van der Waals surface area contributed by atoms with Crippen LogP contribution in [0.25, 0.3) is 0 Å². The molecule has 6 heteroatoms. The van der Waals surface area contributed by atoms with Crippen molar-refractivity contribution in [2.24, 2.45) is 5.92 Å². The van der Waals surface area contributed by atoms with E-state index in [-0.39, 0.29) is 24.5 Å². The van der Waals surface area contributed by atoms with Crippen LogP contribution in [-0.2, 0) is 11.2 Å². The zero-order chi connectivity index (χ0) is 10.1. The van der Waals surface area contributed by atoms with Gasteiger partial charge in [0.2, 0.25) is 0 Å². The Morgan fingerprint density at radius 2 is 2.36 bits per heavy atom. The molecule has 5 nitrogen and oxygen atoms in total. The van der Waals surface area contributed by atoms with Gasteiger partial charge in [0.15, 0.2) is 5.78 Å². The molecule has 74 valence electrons. The van der Waals surface area contributed by atoms with Crippen molar-refractivity contribution in [2.45, 2.75) is 19.3 Å². The van der Waals surface area contributed by atoms with Gasteiger partial charge >= 0.3 is 5.97 Å². The van der Waals surface area contributed by atoms with E-state index in [1.807, 2.05) is 0 Å². The zero-order valence-corrected chi connectivity index (χ0v) is 8.08. The minimum absolute atomic E-state index is 0.0447. The number of aromatic nitrogens is 2. The van der Waals surface area contributed by atoms with E-state index in [0.717, 1.165) is 4.88 Å². The molecule has 1 unspecified atom stereocenters. The number of carboxylic acids is 1. The largest absolute Gasteiger partial charge is 0.481 e. The highest BCUT2D eigenvalue weighted by Gasteiger charge is 2.29. The summed E-state index contributed by atoms with van der Waals surface area (Å²) in [6.07, 6.45) is 0.943. The Bertz CT molecular complexity index is 388. The van der Waals surface area contributed by atoms with Gasteiger partial charge in [0.25, 0.3) is 0 Å². The van der Waals surface area contributed by atoms with Crippen molar-refractivity contribution in [3.63, 3.8) is 0 Å². The summed E-state index contributed by atoms with van der Waals surface area (Å²) in [5, 5.41) is 12.3. The van der Waals surface area contributed by atoms with Gasteiger partial charge in [-0.15, -0.1) is 5.10 Å². The Balaban J connectivity index is 2.17. The Labute approximate surface area is 83.9 Å². The van der Waals surface area contributed by atoms with Crippen LogP contribution in [0.3, 0.4) is 0 Å². The molecular formula is C8H8N2O3S. The van der Waals surface area contributed by atoms with Crippen molar-refractivity contribution in [3.05, 3.63) is 10.6 Å². The van der Waals surface area contributed by atoms with Crippen LogP contribution in [-0.4, -0.2) is 26.4 Å². The third-order valence-electron chi connectivity index (χ3n) is 2.23. The first-order chi connectivity index (χ1) is 6.66. The molecule has 2 rings (SSSR count). The van der Waals surface area contributed by atoms with Crippen molar-refractivity contribution >= 4 is 23.3 Å². The lowest BCUT2D eigenvalue weighted by atomic mass is 9.88. The number of fused-ring (bicyclic) bond motifs is 1. The SMILES string of the molecule is O=C(O)CC1CC(=O)c2nnsc2C1. The van der Waals surface area contributed by atoms with Crippen LogP contribution in [0.1, 0.15) is 28.2 Å². The predicted molar refractivity (Wildman–Crippen MR) is 48.3 cm³/mol. The molecule has 14 heavy (non-hydrogen) atoms. The second-order valence-electron chi connectivity index (χ2n) is 3.34. The van der Waals surface area contributed by atoms with Gasteiger partial charge in [0.05, 0.1) is 4.88 Å². The van der Waals surface area contributed by atoms with Gasteiger partial charge in [0, 0.05) is 12.8 Å². The quantitative estimate of drug-likeness (QED) is 0.782. The number of carbonyl (C=O) groups excluding carboxylic acids is 1. The summed E-state index contributed by atoms with van der Waals surface area (Å²) in [6, 6.07) is 0. The third-order valence-corrected chi connectivity index (χ3v) is 2.98. The summed E-state index contributed by atoms with van der Waals surface area (Å²) in [4.78, 5) is 22.8. The molecule has 0 spiro atoms. The number of nitrogens with zero attached hydrogens (tertiary/aromatic N) is 2. The summed E-state index contributed by atoms with van der Waals surface area (Å²) < 4.78 is 3.69. The number of Topliss-reactive ketones (excluding diaryl/α,β-unsaturated/α-hetero) is 1. The summed E-state index contributed by atoms with van der Waals surface area (Å²) in [5.41, 5.74) is 0.441. The fourth-order valence-corrected chi connectivity index (χ4v) is 2.41. The van der Waals surface area contributed by atoms with Gasteiger partial charge in [-0.1, -0.05) is 4.49 Å². The fraction of sp³-hybridized carbons (Fsp3) is 0.500. The van der Waals surface area contributed by atoms with E-state index in [2.05, 4.69) is 9.59 Å². The van der Waals surface area contributed by atoms with E-state index in [1.165, 1.54) is 11.5 Å². The molecule has 0 amide bonds. The molecule has 0 saturated carbocycles. The predicted octanol–water partition coefficient (Wildman–Crippen LogP) is 0.758. The van der Waals surface area contributed by atoms with Crippen molar-refractivity contribution in [1.82, 2.24) is 9.59 Å². The maximum absolute atomic E-state index is 11.4. The zero-order valence-electron chi connectivity index (χ0n) is 7.27. The van der Waals surface area contributed by atoms with Gasteiger partial charge in [-0.05, 0) is 23.9 Å². The second kappa shape index (κ2) is 3.45. The highest BCUT2D eigenvalue weighted by molar-refractivity contribution is 7.05. The standard InChI is InChI=1S/C8H8N2O3S/c11-5-1-4(3-7(12)13)2-6-8(5)9-10-14-6/h4H,1-3H2,(H,12,13). The van der Waals surface area contributed by atoms with Crippen LogP contribution < -0.4 is 0 Å². The molecule has 1 aromatic heterocycles. The number of carboxylic acid groups (broad SMARTS) is 1. The molecule has 1 heterocycles. The highest BCUT2D eigenvalue weighted by Crippen LogP contribution is 2.28. The molecule has 1 N–H and O–H groups in total. The lowest BCUT2D eigenvalue weighted by Gasteiger charge is -2.17. The molecule has 1 aliphatic carbocycles. The molecule has 0 aromatic carbocycles. The number of hydrogen-bond donors (Lipinski definition) is 1. The molecule has 1 atom stereocenters. The van der Waals surface area contributed by atoms with Gasteiger partial charge in [0.1, 0.15) is 5.69 Å². The van der Waals surface area contributed by atoms with Gasteiger partial charge in [-0.2, -0.15) is 0 Å². The molecule has 0 bridgehead atoms. The van der Waals surface area contributed by atoms with Crippen molar-refractivity contribution in [1.29, 1.82) is 0 Å². The first-order valence-corrected chi connectivity index (χ1v) is 5.00. The van der Waals surface area contributed by atoms with Crippen molar-refractivity contribution in [2.75, 3.05) is 0 Å². The Hall–Kier alpha value is -1.30. The van der Waals surface area contributed by atoms with Gasteiger partial charge in [-0.3, -0.25) is 9.59 Å². The van der Waals surface area contributed by atoms with Crippen LogP contribution in [0, 0.1) is 5.92 Å². The van der Waals surface area contributed by atoms with Crippen LogP contribution in [0.5, 0.6) is 0 Å². The first-order valence-electron chi connectivity index (χ1n) is 4.23. The number of aliphatic carboxylic acids is 1. The van der Waals surface area contributed by atoms with Gasteiger partial charge in [-0.25, -0.2) is 0 Å². The Morgan fingerprint density at radius 1 is 1.57 bits per heavy atom. The van der Waals surface area contributed by atoms with E-state index in [9.17, 15) is 9.59 Å². The first kappa shape index (κ1) is 9.26. The van der Waals surface area contributed by atoms with Crippen LogP contribution >= 0.6 is 11.5 Å². The third kappa shape index (κ3) is 1.65. The van der Waals surface area contributed by atoms with Gasteiger partial charge < -0.3 is 5.11 Å². The van der Waals surface area contributed by atoms with Crippen LogP contribution in [0.15, 0.2) is 0 Å². The molecule has 0 radical (unpaired) electrons. The summed E-state index contributed by atoms with van der Waals surface area (Å²) in [7, 11) is 0. The molecule has 0 aliphatic heterocycles. The summed E-state index contributed by atoms with van der Waals surface area (Å²) >= 11 is 1.19. The minimum atomic E-state index is -0.858. The second-order valence-corrected chi connectivity index (χ2v) is 4.18. The van der Waals surface area contributed by atoms with E-state index < -0.39 is 5.97 Å². The maximum atomic E-state index is 11.4. The van der Waals surface area contributed by atoms with Crippen molar-refractivity contribution in [3.8, 4) is 0 Å².